The van der Waals surface area contributed by atoms with E-state index >= 15 is 0 Å². The lowest BCUT2D eigenvalue weighted by Gasteiger charge is -2.41. The van der Waals surface area contributed by atoms with Crippen molar-refractivity contribution < 1.29 is 9.53 Å². The molecule has 2 aliphatic heterocycles. The monoisotopic (exact) mass is 285 g/mol. The second-order valence-corrected chi connectivity index (χ2v) is 6.23. The normalized spacial score (nSPS) is 31.9. The van der Waals surface area contributed by atoms with E-state index in [-0.39, 0.29) is 17.8 Å². The molecule has 21 heavy (non-hydrogen) atoms. The molecule has 3 rings (SSSR count). The Morgan fingerprint density at radius 2 is 2.05 bits per heavy atom. The third kappa shape index (κ3) is 2.40. The van der Waals surface area contributed by atoms with Gasteiger partial charge in [0.25, 0.3) is 0 Å². The first-order chi connectivity index (χ1) is 10.2. The summed E-state index contributed by atoms with van der Waals surface area (Å²) in [5, 5.41) is 0. The molecule has 3 nitrogen and oxygen atoms in total. The molecule has 2 heterocycles. The molecule has 0 N–H and O–H groups in total. The molecule has 2 saturated heterocycles. The Bertz CT molecular complexity index is 537. The van der Waals surface area contributed by atoms with Crippen LogP contribution in [-0.2, 0) is 9.53 Å². The van der Waals surface area contributed by atoms with E-state index in [1.165, 1.54) is 19.1 Å². The van der Waals surface area contributed by atoms with Crippen molar-refractivity contribution in [3.8, 4) is 0 Å². The van der Waals surface area contributed by atoms with Gasteiger partial charge in [-0.1, -0.05) is 36.9 Å². The molecule has 2 bridgehead atoms. The van der Waals surface area contributed by atoms with Gasteiger partial charge in [-0.15, -0.1) is 0 Å². The molecule has 2 aliphatic rings. The third-order valence-corrected chi connectivity index (χ3v) is 5.34. The number of carbonyl (C=O) groups excluding carboxylic acids is 1. The molecule has 112 valence electrons. The van der Waals surface area contributed by atoms with Crippen LogP contribution in [0.3, 0.4) is 0 Å². The Morgan fingerprint density at radius 3 is 2.67 bits per heavy atom. The molecule has 4 atom stereocenters. The summed E-state index contributed by atoms with van der Waals surface area (Å²) in [5.74, 6) is 0.156. The summed E-state index contributed by atoms with van der Waals surface area (Å²) < 4.78 is 5.10. The second kappa shape index (κ2) is 5.64. The minimum Gasteiger partial charge on any atom is -0.469 e. The zero-order chi connectivity index (χ0) is 15.0. The number of fused-ring (bicyclic) bond motifs is 2. The number of rotatable bonds is 3. The van der Waals surface area contributed by atoms with E-state index in [4.69, 9.17) is 4.74 Å². The molecule has 3 heteroatoms. The van der Waals surface area contributed by atoms with Gasteiger partial charge in [0.2, 0.25) is 0 Å². The number of benzene rings is 1. The number of nitrogens with zero attached hydrogens (tertiary/aromatic N) is 1. The average molecular weight is 285 g/mol. The third-order valence-electron chi connectivity index (χ3n) is 5.34. The smallest absolute Gasteiger partial charge is 0.310 e. The van der Waals surface area contributed by atoms with Gasteiger partial charge in [-0.2, -0.15) is 0 Å². The highest BCUT2D eigenvalue weighted by atomic mass is 16.5. The number of ether oxygens (including phenoxy) is 1. The van der Waals surface area contributed by atoms with Crippen LogP contribution >= 0.6 is 0 Å². The number of esters is 1. The minimum atomic E-state index is -0.0648. The predicted molar refractivity (Wildman–Crippen MR) is 84.0 cm³/mol. The van der Waals surface area contributed by atoms with Crippen molar-refractivity contribution in [1.82, 2.24) is 4.90 Å². The fourth-order valence-electron chi connectivity index (χ4n) is 4.15. The maximum atomic E-state index is 12.3. The SMILES string of the molecule is C=Cc1ccc([C@H]2CC3CC[C@H](C2C(=O)OC)N3C)cc1. The van der Waals surface area contributed by atoms with Crippen LogP contribution in [0.25, 0.3) is 6.08 Å². The first-order valence-electron chi connectivity index (χ1n) is 7.68. The molecule has 2 fully saturated rings. The standard InChI is InChI=1S/C18H23NO2/c1-4-12-5-7-13(8-6-12)15-11-14-9-10-16(19(14)2)17(15)18(20)21-3/h4-8,14-17H,1,9-11H2,2-3H3/t14?,15-,16-,17?/m1/s1. The van der Waals surface area contributed by atoms with Crippen molar-refractivity contribution in [1.29, 1.82) is 0 Å². The van der Waals surface area contributed by atoms with Crippen molar-refractivity contribution >= 4 is 12.0 Å². The van der Waals surface area contributed by atoms with E-state index in [0.29, 0.717) is 12.1 Å². The number of carbonyl (C=O) groups is 1. The molecule has 0 aliphatic carbocycles. The number of piperidine rings is 1. The Labute approximate surface area is 126 Å². The van der Waals surface area contributed by atoms with Gasteiger partial charge < -0.3 is 4.74 Å². The molecular weight excluding hydrogens is 262 g/mol. The van der Waals surface area contributed by atoms with Crippen LogP contribution in [0, 0.1) is 5.92 Å². The van der Waals surface area contributed by atoms with Crippen LogP contribution in [-0.4, -0.2) is 37.1 Å². The molecular formula is C18H23NO2. The Hall–Kier alpha value is -1.61. The summed E-state index contributed by atoms with van der Waals surface area (Å²) in [4.78, 5) is 14.7. The fraction of sp³-hybridized carbons (Fsp3) is 0.500. The van der Waals surface area contributed by atoms with Crippen LogP contribution in [0.2, 0.25) is 0 Å². The number of hydrogen-bond acceptors (Lipinski definition) is 3. The van der Waals surface area contributed by atoms with Crippen LogP contribution in [0.15, 0.2) is 30.8 Å². The number of methoxy groups -OCH3 is 1. The molecule has 0 saturated carbocycles. The topological polar surface area (TPSA) is 29.5 Å². The highest BCUT2D eigenvalue weighted by Crippen LogP contribution is 2.46. The van der Waals surface area contributed by atoms with Crippen molar-refractivity contribution in [3.63, 3.8) is 0 Å². The van der Waals surface area contributed by atoms with Gasteiger partial charge in [0.1, 0.15) is 0 Å². The number of hydrogen-bond donors (Lipinski definition) is 0. The van der Waals surface area contributed by atoms with Crippen molar-refractivity contribution in [3.05, 3.63) is 42.0 Å². The van der Waals surface area contributed by atoms with Gasteiger partial charge in [0.15, 0.2) is 0 Å². The average Bonchev–Trinajstić information content (AvgIpc) is 2.76. The predicted octanol–water partition coefficient (Wildman–Crippen LogP) is 3.07. The van der Waals surface area contributed by atoms with Crippen molar-refractivity contribution in [2.24, 2.45) is 5.92 Å². The van der Waals surface area contributed by atoms with Crippen LogP contribution < -0.4 is 0 Å². The van der Waals surface area contributed by atoms with E-state index in [2.05, 4.69) is 42.8 Å². The van der Waals surface area contributed by atoms with Crippen molar-refractivity contribution in [2.45, 2.75) is 37.3 Å². The summed E-state index contributed by atoms with van der Waals surface area (Å²) in [5.41, 5.74) is 2.37. The van der Waals surface area contributed by atoms with Gasteiger partial charge >= 0.3 is 5.97 Å². The summed E-state index contributed by atoms with van der Waals surface area (Å²) >= 11 is 0. The summed E-state index contributed by atoms with van der Waals surface area (Å²) in [6.45, 7) is 3.79. The van der Waals surface area contributed by atoms with E-state index < -0.39 is 0 Å². The lowest BCUT2D eigenvalue weighted by Crippen LogP contribution is -2.49. The quantitative estimate of drug-likeness (QED) is 0.799. The lowest BCUT2D eigenvalue weighted by molar-refractivity contribution is -0.150. The maximum Gasteiger partial charge on any atom is 0.310 e. The fourth-order valence-corrected chi connectivity index (χ4v) is 4.15. The molecule has 0 spiro atoms. The van der Waals surface area contributed by atoms with Gasteiger partial charge in [0.05, 0.1) is 13.0 Å². The second-order valence-electron chi connectivity index (χ2n) is 6.23. The molecule has 0 aromatic heterocycles. The lowest BCUT2D eigenvalue weighted by atomic mass is 9.76. The van der Waals surface area contributed by atoms with E-state index in [1.807, 2.05) is 6.08 Å². The van der Waals surface area contributed by atoms with Crippen LogP contribution in [0.1, 0.15) is 36.3 Å². The molecule has 2 unspecified atom stereocenters. The van der Waals surface area contributed by atoms with Crippen molar-refractivity contribution in [2.75, 3.05) is 14.2 Å². The first-order valence-corrected chi connectivity index (χ1v) is 7.68. The molecule has 0 amide bonds. The zero-order valence-electron chi connectivity index (χ0n) is 12.8. The van der Waals surface area contributed by atoms with Crippen LogP contribution in [0.4, 0.5) is 0 Å². The highest BCUT2D eigenvalue weighted by molar-refractivity contribution is 5.75. The Morgan fingerprint density at radius 1 is 1.33 bits per heavy atom. The first kappa shape index (κ1) is 14.3. The van der Waals surface area contributed by atoms with Gasteiger partial charge in [-0.3, -0.25) is 9.69 Å². The summed E-state index contributed by atoms with van der Waals surface area (Å²) in [6, 6.07) is 9.36. The minimum absolute atomic E-state index is 0.0478. The van der Waals surface area contributed by atoms with Crippen LogP contribution in [0.5, 0.6) is 0 Å². The summed E-state index contributed by atoms with van der Waals surface area (Å²) in [6.07, 6.45) is 5.18. The van der Waals surface area contributed by atoms with Gasteiger partial charge in [0, 0.05) is 18.0 Å². The maximum absolute atomic E-state index is 12.3. The van der Waals surface area contributed by atoms with E-state index in [9.17, 15) is 4.79 Å². The Kier molecular flexibility index (Phi) is 3.85. The zero-order valence-corrected chi connectivity index (χ0v) is 12.8. The molecule has 0 radical (unpaired) electrons. The van der Waals surface area contributed by atoms with E-state index in [0.717, 1.165) is 18.4 Å². The molecule has 1 aromatic rings. The van der Waals surface area contributed by atoms with Gasteiger partial charge in [-0.25, -0.2) is 0 Å². The molecule has 1 aromatic carbocycles. The van der Waals surface area contributed by atoms with Gasteiger partial charge in [-0.05, 0) is 37.4 Å². The summed E-state index contributed by atoms with van der Waals surface area (Å²) in [7, 11) is 3.65. The van der Waals surface area contributed by atoms with E-state index in [1.54, 1.807) is 0 Å². The Balaban J connectivity index is 1.94. The highest BCUT2D eigenvalue weighted by Gasteiger charge is 2.49. The largest absolute Gasteiger partial charge is 0.469 e.